The SMILES string of the molecule is O=C(NCC(=O)N1CCN(C(=O)COc2ccc(Cl)cc2)CC1)C1CCCC1. The lowest BCUT2D eigenvalue weighted by Gasteiger charge is -2.34. The summed E-state index contributed by atoms with van der Waals surface area (Å²) in [5.41, 5.74) is 0. The molecule has 3 rings (SSSR count). The Kier molecular flexibility index (Phi) is 7.14. The van der Waals surface area contributed by atoms with Crippen LogP contribution in [0.25, 0.3) is 0 Å². The standard InChI is InChI=1S/C20H26ClN3O4/c21-16-5-7-17(8-6-16)28-14-19(26)24-11-9-23(10-12-24)18(25)13-22-20(27)15-3-1-2-4-15/h5-8,15H,1-4,9-14H2,(H,22,27). The highest BCUT2D eigenvalue weighted by Gasteiger charge is 2.26. The Morgan fingerprint density at radius 2 is 1.54 bits per heavy atom. The van der Waals surface area contributed by atoms with Crippen molar-refractivity contribution in [2.45, 2.75) is 25.7 Å². The number of amides is 3. The first-order valence-electron chi connectivity index (χ1n) is 9.74. The Morgan fingerprint density at radius 1 is 0.964 bits per heavy atom. The number of hydrogen-bond acceptors (Lipinski definition) is 4. The maximum atomic E-state index is 12.3. The summed E-state index contributed by atoms with van der Waals surface area (Å²) < 4.78 is 5.49. The molecule has 1 heterocycles. The number of carbonyl (C=O) groups is 3. The maximum absolute atomic E-state index is 12.3. The van der Waals surface area contributed by atoms with Crippen molar-refractivity contribution < 1.29 is 19.1 Å². The molecular formula is C20H26ClN3O4. The van der Waals surface area contributed by atoms with Crippen LogP contribution in [-0.2, 0) is 14.4 Å². The lowest BCUT2D eigenvalue weighted by Crippen LogP contribution is -2.53. The lowest BCUT2D eigenvalue weighted by atomic mass is 10.1. The summed E-state index contributed by atoms with van der Waals surface area (Å²) in [7, 11) is 0. The summed E-state index contributed by atoms with van der Waals surface area (Å²) in [6.45, 7) is 1.84. The molecule has 0 atom stereocenters. The molecule has 1 aromatic carbocycles. The Balaban J connectivity index is 1.36. The first-order valence-corrected chi connectivity index (χ1v) is 10.1. The second-order valence-electron chi connectivity index (χ2n) is 7.20. The molecule has 152 valence electrons. The first kappa shape index (κ1) is 20.5. The van der Waals surface area contributed by atoms with E-state index in [0.29, 0.717) is 37.0 Å². The van der Waals surface area contributed by atoms with E-state index in [1.54, 1.807) is 34.1 Å². The van der Waals surface area contributed by atoms with Gasteiger partial charge in [0, 0.05) is 37.1 Å². The molecule has 3 amide bonds. The highest BCUT2D eigenvalue weighted by molar-refractivity contribution is 6.30. The Labute approximate surface area is 169 Å². The third kappa shape index (κ3) is 5.61. The van der Waals surface area contributed by atoms with Crippen molar-refractivity contribution in [3.05, 3.63) is 29.3 Å². The molecule has 0 radical (unpaired) electrons. The van der Waals surface area contributed by atoms with Crippen LogP contribution < -0.4 is 10.1 Å². The van der Waals surface area contributed by atoms with Crippen molar-refractivity contribution in [2.75, 3.05) is 39.3 Å². The molecule has 28 heavy (non-hydrogen) atoms. The Morgan fingerprint density at radius 3 is 2.14 bits per heavy atom. The number of carbonyl (C=O) groups excluding carboxylic acids is 3. The summed E-state index contributed by atoms with van der Waals surface area (Å²) in [5, 5.41) is 3.37. The molecule has 1 saturated heterocycles. The van der Waals surface area contributed by atoms with Crippen LogP contribution in [0.5, 0.6) is 5.75 Å². The van der Waals surface area contributed by atoms with E-state index in [9.17, 15) is 14.4 Å². The average molecular weight is 408 g/mol. The first-order chi connectivity index (χ1) is 13.5. The summed E-state index contributed by atoms with van der Waals surface area (Å²) in [4.78, 5) is 40.0. The second-order valence-corrected chi connectivity index (χ2v) is 7.64. The van der Waals surface area contributed by atoms with Crippen LogP contribution in [0.15, 0.2) is 24.3 Å². The van der Waals surface area contributed by atoms with Gasteiger partial charge in [0.05, 0.1) is 6.54 Å². The van der Waals surface area contributed by atoms with E-state index < -0.39 is 0 Å². The van der Waals surface area contributed by atoms with Crippen LogP contribution in [0, 0.1) is 5.92 Å². The number of piperazine rings is 1. The predicted molar refractivity (Wildman–Crippen MR) is 105 cm³/mol. The van der Waals surface area contributed by atoms with Gasteiger partial charge >= 0.3 is 0 Å². The molecule has 1 N–H and O–H groups in total. The minimum atomic E-state index is -0.114. The molecule has 1 aliphatic heterocycles. The number of hydrogen-bond donors (Lipinski definition) is 1. The van der Waals surface area contributed by atoms with E-state index in [0.717, 1.165) is 25.7 Å². The van der Waals surface area contributed by atoms with Gasteiger partial charge < -0.3 is 19.9 Å². The van der Waals surface area contributed by atoms with Crippen molar-refractivity contribution in [1.29, 1.82) is 0 Å². The number of halogens is 1. The highest BCUT2D eigenvalue weighted by atomic mass is 35.5. The van der Waals surface area contributed by atoms with Crippen molar-refractivity contribution in [3.8, 4) is 5.75 Å². The molecule has 1 aliphatic carbocycles. The average Bonchev–Trinajstić information content (AvgIpc) is 3.26. The molecule has 2 aliphatic rings. The number of nitrogens with zero attached hydrogens (tertiary/aromatic N) is 2. The van der Waals surface area contributed by atoms with Gasteiger partial charge in [-0.05, 0) is 37.1 Å². The number of ether oxygens (including phenoxy) is 1. The van der Waals surface area contributed by atoms with Gasteiger partial charge in [0.25, 0.3) is 5.91 Å². The van der Waals surface area contributed by atoms with Gasteiger partial charge in [-0.2, -0.15) is 0 Å². The summed E-state index contributed by atoms with van der Waals surface area (Å²) in [6.07, 6.45) is 4.01. The molecule has 2 fully saturated rings. The van der Waals surface area contributed by atoms with Gasteiger partial charge in [-0.1, -0.05) is 24.4 Å². The fourth-order valence-electron chi connectivity index (χ4n) is 3.58. The van der Waals surface area contributed by atoms with Crippen molar-refractivity contribution in [2.24, 2.45) is 5.92 Å². The molecule has 1 aromatic rings. The summed E-state index contributed by atoms with van der Waals surface area (Å²) in [6, 6.07) is 6.84. The second kappa shape index (κ2) is 9.78. The van der Waals surface area contributed by atoms with E-state index >= 15 is 0 Å². The summed E-state index contributed by atoms with van der Waals surface area (Å²) in [5.74, 6) is 0.416. The third-order valence-corrected chi connectivity index (χ3v) is 5.55. The van der Waals surface area contributed by atoms with E-state index in [1.807, 2.05) is 0 Å². The van der Waals surface area contributed by atoms with Gasteiger partial charge in [-0.25, -0.2) is 0 Å². The predicted octanol–water partition coefficient (Wildman–Crippen LogP) is 1.70. The van der Waals surface area contributed by atoms with Crippen LogP contribution in [0.2, 0.25) is 5.02 Å². The fraction of sp³-hybridized carbons (Fsp3) is 0.550. The van der Waals surface area contributed by atoms with Crippen LogP contribution >= 0.6 is 11.6 Å². The fourth-order valence-corrected chi connectivity index (χ4v) is 3.71. The van der Waals surface area contributed by atoms with Crippen molar-refractivity contribution in [1.82, 2.24) is 15.1 Å². The van der Waals surface area contributed by atoms with Gasteiger partial charge in [-0.15, -0.1) is 0 Å². The zero-order chi connectivity index (χ0) is 19.9. The minimum Gasteiger partial charge on any atom is -0.484 e. The molecule has 0 bridgehead atoms. The number of benzene rings is 1. The Hall–Kier alpha value is -2.28. The lowest BCUT2D eigenvalue weighted by molar-refractivity contribution is -0.140. The van der Waals surface area contributed by atoms with Gasteiger partial charge in [0.1, 0.15) is 5.75 Å². The molecule has 8 heteroatoms. The normalized spacial score (nSPS) is 17.5. The van der Waals surface area contributed by atoms with E-state index in [4.69, 9.17) is 16.3 Å². The molecule has 0 unspecified atom stereocenters. The quantitative estimate of drug-likeness (QED) is 0.778. The van der Waals surface area contributed by atoms with Gasteiger partial charge in [-0.3, -0.25) is 14.4 Å². The third-order valence-electron chi connectivity index (χ3n) is 5.30. The van der Waals surface area contributed by atoms with Gasteiger partial charge in [0.15, 0.2) is 6.61 Å². The Bertz CT molecular complexity index is 696. The molecular weight excluding hydrogens is 382 g/mol. The van der Waals surface area contributed by atoms with Crippen molar-refractivity contribution in [3.63, 3.8) is 0 Å². The zero-order valence-electron chi connectivity index (χ0n) is 15.9. The molecule has 7 nitrogen and oxygen atoms in total. The number of rotatable bonds is 6. The van der Waals surface area contributed by atoms with Gasteiger partial charge in [0.2, 0.25) is 11.8 Å². The zero-order valence-corrected chi connectivity index (χ0v) is 16.6. The topological polar surface area (TPSA) is 79.0 Å². The highest BCUT2D eigenvalue weighted by Crippen LogP contribution is 2.24. The maximum Gasteiger partial charge on any atom is 0.260 e. The van der Waals surface area contributed by atoms with Crippen molar-refractivity contribution >= 4 is 29.3 Å². The van der Waals surface area contributed by atoms with E-state index in [1.165, 1.54) is 0 Å². The van der Waals surface area contributed by atoms with E-state index in [2.05, 4.69) is 5.32 Å². The van der Waals surface area contributed by atoms with E-state index in [-0.39, 0.29) is 36.8 Å². The molecule has 1 saturated carbocycles. The molecule has 0 spiro atoms. The minimum absolute atomic E-state index is 0.0148. The van der Waals surface area contributed by atoms with Crippen LogP contribution in [0.1, 0.15) is 25.7 Å². The number of nitrogens with one attached hydrogen (secondary N) is 1. The van der Waals surface area contributed by atoms with Crippen LogP contribution in [0.3, 0.4) is 0 Å². The smallest absolute Gasteiger partial charge is 0.260 e. The van der Waals surface area contributed by atoms with Crippen LogP contribution in [0.4, 0.5) is 0 Å². The van der Waals surface area contributed by atoms with Crippen LogP contribution in [-0.4, -0.2) is 66.9 Å². The monoisotopic (exact) mass is 407 g/mol. The molecule has 0 aromatic heterocycles. The summed E-state index contributed by atoms with van der Waals surface area (Å²) >= 11 is 5.82. The largest absolute Gasteiger partial charge is 0.484 e.